The molecule has 0 spiro atoms. The summed E-state index contributed by atoms with van der Waals surface area (Å²) in [6, 6.07) is 22.3. The van der Waals surface area contributed by atoms with E-state index in [1.807, 2.05) is 42.5 Å². The van der Waals surface area contributed by atoms with Gasteiger partial charge in [0, 0.05) is 5.56 Å². The molecule has 1 N–H and O–H groups in total. The monoisotopic (exact) mass is 289 g/mol. The van der Waals surface area contributed by atoms with Crippen molar-refractivity contribution in [1.29, 1.82) is 0 Å². The first kappa shape index (κ1) is 13.0. The van der Waals surface area contributed by atoms with E-state index in [1.54, 1.807) is 0 Å². The van der Waals surface area contributed by atoms with Crippen LogP contribution in [0.4, 0.5) is 0 Å². The number of fused-ring (bicyclic) bond motifs is 3. The maximum atomic E-state index is 11.2. The van der Waals surface area contributed by atoms with Gasteiger partial charge < -0.3 is 4.74 Å². The molecule has 0 aliphatic carbocycles. The molecule has 0 fully saturated rings. The molecule has 2 unspecified atom stereocenters. The van der Waals surface area contributed by atoms with Crippen LogP contribution in [-0.2, 0) is 4.79 Å². The van der Waals surface area contributed by atoms with Gasteiger partial charge in [0.25, 0.3) is 0 Å². The van der Waals surface area contributed by atoms with Gasteiger partial charge in [-0.25, -0.2) is 0 Å². The topological polar surface area (TPSA) is 38.3 Å². The van der Waals surface area contributed by atoms with Crippen LogP contribution >= 0.6 is 0 Å². The third kappa shape index (κ3) is 2.07. The number of carbonyl (C=O) groups is 1. The Hall–Kier alpha value is -2.65. The van der Waals surface area contributed by atoms with Gasteiger partial charge in [0.1, 0.15) is 5.75 Å². The molecule has 3 aromatic rings. The van der Waals surface area contributed by atoms with Gasteiger partial charge in [0.15, 0.2) is 6.29 Å². The average molecular weight is 289 g/mol. The molecule has 1 aliphatic rings. The van der Waals surface area contributed by atoms with Gasteiger partial charge in [-0.3, -0.25) is 10.1 Å². The highest BCUT2D eigenvalue weighted by Gasteiger charge is 2.29. The van der Waals surface area contributed by atoms with Crippen molar-refractivity contribution in [1.82, 2.24) is 5.32 Å². The van der Waals surface area contributed by atoms with Crippen LogP contribution in [0.5, 0.6) is 5.75 Å². The predicted octanol–water partition coefficient (Wildman–Crippen LogP) is 3.44. The summed E-state index contributed by atoms with van der Waals surface area (Å²) in [6.45, 7) is 0. The number of rotatable bonds is 2. The van der Waals surface area contributed by atoms with Crippen molar-refractivity contribution in [3.8, 4) is 5.75 Å². The highest BCUT2D eigenvalue weighted by molar-refractivity contribution is 5.89. The van der Waals surface area contributed by atoms with Crippen molar-refractivity contribution in [2.45, 2.75) is 12.3 Å². The first-order chi connectivity index (χ1) is 10.9. The zero-order valence-corrected chi connectivity index (χ0v) is 11.9. The third-order valence-corrected chi connectivity index (χ3v) is 4.06. The van der Waals surface area contributed by atoms with E-state index in [1.165, 1.54) is 0 Å². The molecule has 0 amide bonds. The Morgan fingerprint density at radius 3 is 2.50 bits per heavy atom. The van der Waals surface area contributed by atoms with E-state index in [0.717, 1.165) is 33.9 Å². The number of carbonyl (C=O) groups excluding carboxylic acids is 1. The number of benzene rings is 3. The molecule has 4 rings (SSSR count). The Morgan fingerprint density at radius 1 is 0.909 bits per heavy atom. The molecule has 0 bridgehead atoms. The van der Waals surface area contributed by atoms with Gasteiger partial charge in [-0.1, -0.05) is 60.7 Å². The standard InChI is InChI=1S/C19H15NO2/c21-12-17-20-19(14-7-2-1-3-8-14)18-15-9-5-4-6-13(15)10-11-16(18)22-17/h1-12,17,19-20H. The molecular weight excluding hydrogens is 274 g/mol. The lowest BCUT2D eigenvalue weighted by Crippen LogP contribution is -2.43. The van der Waals surface area contributed by atoms with Crippen molar-refractivity contribution in [3.05, 3.63) is 77.9 Å². The van der Waals surface area contributed by atoms with E-state index in [4.69, 9.17) is 4.74 Å². The minimum atomic E-state index is -0.626. The first-order valence-corrected chi connectivity index (χ1v) is 7.31. The fraction of sp³-hybridized carbons (Fsp3) is 0.105. The molecule has 0 aromatic heterocycles. The zero-order chi connectivity index (χ0) is 14.9. The Bertz CT molecular complexity index is 829. The summed E-state index contributed by atoms with van der Waals surface area (Å²) in [4.78, 5) is 11.2. The average Bonchev–Trinajstić information content (AvgIpc) is 2.61. The van der Waals surface area contributed by atoms with Crippen molar-refractivity contribution in [2.75, 3.05) is 0 Å². The van der Waals surface area contributed by atoms with E-state index in [-0.39, 0.29) is 6.04 Å². The van der Waals surface area contributed by atoms with E-state index in [9.17, 15) is 4.79 Å². The van der Waals surface area contributed by atoms with Gasteiger partial charge in [-0.05, 0) is 22.4 Å². The minimum Gasteiger partial charge on any atom is -0.468 e. The van der Waals surface area contributed by atoms with Crippen molar-refractivity contribution in [2.24, 2.45) is 0 Å². The summed E-state index contributed by atoms with van der Waals surface area (Å²) in [6.07, 6.45) is 0.174. The highest BCUT2D eigenvalue weighted by atomic mass is 16.5. The van der Waals surface area contributed by atoms with Crippen LogP contribution in [0.25, 0.3) is 10.8 Å². The number of nitrogens with one attached hydrogen (secondary N) is 1. The summed E-state index contributed by atoms with van der Waals surface area (Å²) in [5.41, 5.74) is 2.21. The molecule has 3 aromatic carbocycles. The van der Waals surface area contributed by atoms with Crippen LogP contribution in [0.1, 0.15) is 17.2 Å². The molecule has 108 valence electrons. The second-order valence-electron chi connectivity index (χ2n) is 5.38. The Kier molecular flexibility index (Phi) is 3.13. The zero-order valence-electron chi connectivity index (χ0n) is 11.9. The van der Waals surface area contributed by atoms with Crippen LogP contribution in [0.2, 0.25) is 0 Å². The number of hydrogen-bond acceptors (Lipinski definition) is 3. The van der Waals surface area contributed by atoms with Crippen LogP contribution in [0.3, 0.4) is 0 Å². The fourth-order valence-corrected chi connectivity index (χ4v) is 3.07. The van der Waals surface area contributed by atoms with Crippen LogP contribution in [0, 0.1) is 0 Å². The number of ether oxygens (including phenoxy) is 1. The predicted molar refractivity (Wildman–Crippen MR) is 85.8 cm³/mol. The van der Waals surface area contributed by atoms with Gasteiger partial charge in [0.05, 0.1) is 6.04 Å². The van der Waals surface area contributed by atoms with Gasteiger partial charge in [-0.2, -0.15) is 0 Å². The van der Waals surface area contributed by atoms with E-state index in [0.29, 0.717) is 0 Å². The molecule has 3 heteroatoms. The molecule has 0 saturated carbocycles. The SMILES string of the molecule is O=CC1NC(c2ccccc2)c2c(ccc3ccccc23)O1. The third-order valence-electron chi connectivity index (χ3n) is 4.06. The van der Waals surface area contributed by atoms with Gasteiger partial charge in [-0.15, -0.1) is 0 Å². The van der Waals surface area contributed by atoms with Crippen molar-refractivity contribution in [3.63, 3.8) is 0 Å². The second-order valence-corrected chi connectivity index (χ2v) is 5.38. The minimum absolute atomic E-state index is 0.0637. The summed E-state index contributed by atoms with van der Waals surface area (Å²) >= 11 is 0. The molecule has 1 aliphatic heterocycles. The van der Waals surface area contributed by atoms with Crippen LogP contribution in [-0.4, -0.2) is 12.5 Å². The lowest BCUT2D eigenvalue weighted by molar-refractivity contribution is -0.115. The molecule has 1 heterocycles. The maximum absolute atomic E-state index is 11.2. The van der Waals surface area contributed by atoms with E-state index in [2.05, 4.69) is 29.6 Å². The number of aldehydes is 1. The smallest absolute Gasteiger partial charge is 0.207 e. The van der Waals surface area contributed by atoms with Crippen molar-refractivity contribution >= 4 is 17.1 Å². The summed E-state index contributed by atoms with van der Waals surface area (Å²) in [5.74, 6) is 0.767. The molecule has 0 saturated heterocycles. The Balaban J connectivity index is 1.97. The quantitative estimate of drug-likeness (QED) is 0.734. The summed E-state index contributed by atoms with van der Waals surface area (Å²) in [5, 5.41) is 5.59. The van der Waals surface area contributed by atoms with Crippen LogP contribution < -0.4 is 10.1 Å². The largest absolute Gasteiger partial charge is 0.468 e. The lowest BCUT2D eigenvalue weighted by Gasteiger charge is -2.32. The molecule has 2 atom stereocenters. The second kappa shape index (κ2) is 5.28. The highest BCUT2D eigenvalue weighted by Crippen LogP contribution is 2.39. The molecule has 22 heavy (non-hydrogen) atoms. The molecule has 3 nitrogen and oxygen atoms in total. The number of hydrogen-bond donors (Lipinski definition) is 1. The van der Waals surface area contributed by atoms with Gasteiger partial charge in [0.2, 0.25) is 6.23 Å². The first-order valence-electron chi connectivity index (χ1n) is 7.31. The maximum Gasteiger partial charge on any atom is 0.207 e. The van der Waals surface area contributed by atoms with Crippen molar-refractivity contribution < 1.29 is 9.53 Å². The van der Waals surface area contributed by atoms with Crippen LogP contribution in [0.15, 0.2) is 66.7 Å². The fourth-order valence-electron chi connectivity index (χ4n) is 3.07. The normalized spacial score (nSPS) is 20.2. The lowest BCUT2D eigenvalue weighted by atomic mass is 9.91. The van der Waals surface area contributed by atoms with E-state index >= 15 is 0 Å². The summed E-state index contributed by atoms with van der Waals surface area (Å²) < 4.78 is 5.76. The Morgan fingerprint density at radius 2 is 1.68 bits per heavy atom. The molecular formula is C19H15NO2. The van der Waals surface area contributed by atoms with E-state index < -0.39 is 6.23 Å². The molecule has 0 radical (unpaired) electrons. The van der Waals surface area contributed by atoms with Gasteiger partial charge >= 0.3 is 0 Å². The summed E-state index contributed by atoms with van der Waals surface area (Å²) in [7, 11) is 0. The Labute approximate surface area is 128 Å².